The minimum Gasteiger partial charge on any atom is -0.481 e. The molecule has 0 aliphatic rings. The lowest BCUT2D eigenvalue weighted by molar-refractivity contribution is -0.140. The molecule has 1 aromatic rings. The molecular formula is C13H15F2NO5. The van der Waals surface area contributed by atoms with E-state index >= 15 is 0 Å². The Morgan fingerprint density at radius 3 is 2.67 bits per heavy atom. The first-order chi connectivity index (χ1) is 9.92. The van der Waals surface area contributed by atoms with Gasteiger partial charge in [0.15, 0.2) is 18.2 Å². The number of halogens is 2. The molecule has 0 aliphatic carbocycles. The number of benzene rings is 1. The van der Waals surface area contributed by atoms with Crippen molar-refractivity contribution in [1.82, 2.24) is 5.32 Å². The van der Waals surface area contributed by atoms with Crippen molar-refractivity contribution in [3.63, 3.8) is 0 Å². The summed E-state index contributed by atoms with van der Waals surface area (Å²) in [6.45, 7) is -0.497. The maximum absolute atomic E-state index is 13.2. The molecule has 8 heteroatoms. The smallest absolute Gasteiger partial charge is 0.306 e. The number of ether oxygens (including phenoxy) is 2. The van der Waals surface area contributed by atoms with Gasteiger partial charge in [0.2, 0.25) is 0 Å². The molecule has 116 valence electrons. The van der Waals surface area contributed by atoms with Crippen LogP contribution in [-0.2, 0) is 14.3 Å². The molecular weight excluding hydrogens is 288 g/mol. The summed E-state index contributed by atoms with van der Waals surface area (Å²) in [6, 6.07) is 2.71. The molecule has 0 heterocycles. The number of carboxylic acids is 1. The lowest BCUT2D eigenvalue weighted by Crippen LogP contribution is -2.37. The summed E-state index contributed by atoms with van der Waals surface area (Å²) in [5.41, 5.74) is 0. The average Bonchev–Trinajstić information content (AvgIpc) is 2.42. The highest BCUT2D eigenvalue weighted by atomic mass is 19.1. The monoisotopic (exact) mass is 303 g/mol. The summed E-state index contributed by atoms with van der Waals surface area (Å²) in [5.74, 6) is -3.54. The Bertz CT molecular complexity index is 509. The van der Waals surface area contributed by atoms with Gasteiger partial charge in [-0.25, -0.2) is 8.78 Å². The van der Waals surface area contributed by atoms with E-state index < -0.39 is 36.2 Å². The summed E-state index contributed by atoms with van der Waals surface area (Å²) in [6.07, 6.45) is -0.932. The first-order valence-corrected chi connectivity index (χ1v) is 6.01. The molecule has 0 radical (unpaired) electrons. The van der Waals surface area contributed by atoms with E-state index in [-0.39, 0.29) is 18.7 Å². The maximum atomic E-state index is 13.2. The predicted molar refractivity (Wildman–Crippen MR) is 67.9 cm³/mol. The average molecular weight is 303 g/mol. The number of nitrogens with one attached hydrogen (secondary N) is 1. The molecule has 1 amide bonds. The number of hydrogen-bond acceptors (Lipinski definition) is 4. The summed E-state index contributed by atoms with van der Waals surface area (Å²) < 4.78 is 35.7. The second kappa shape index (κ2) is 8.15. The molecule has 6 nitrogen and oxygen atoms in total. The normalized spacial score (nSPS) is 11.8. The molecule has 21 heavy (non-hydrogen) atoms. The van der Waals surface area contributed by atoms with Gasteiger partial charge >= 0.3 is 5.97 Å². The van der Waals surface area contributed by atoms with Gasteiger partial charge in [-0.15, -0.1) is 0 Å². The quantitative estimate of drug-likeness (QED) is 0.747. The third-order valence-corrected chi connectivity index (χ3v) is 2.52. The van der Waals surface area contributed by atoms with E-state index in [1.807, 2.05) is 0 Å². The van der Waals surface area contributed by atoms with Crippen LogP contribution >= 0.6 is 0 Å². The molecule has 0 aliphatic heterocycles. The Hall–Kier alpha value is -2.22. The van der Waals surface area contributed by atoms with Gasteiger partial charge in [0.25, 0.3) is 5.91 Å². The molecule has 1 rings (SSSR count). The second-order valence-corrected chi connectivity index (χ2v) is 4.12. The van der Waals surface area contributed by atoms with Crippen molar-refractivity contribution >= 4 is 11.9 Å². The first kappa shape index (κ1) is 16.8. The van der Waals surface area contributed by atoms with E-state index in [1.165, 1.54) is 7.11 Å². The first-order valence-electron chi connectivity index (χ1n) is 6.01. The number of aliphatic carboxylic acids is 1. The number of carboxylic acid groups (broad SMARTS) is 1. The van der Waals surface area contributed by atoms with Gasteiger partial charge in [0.05, 0.1) is 12.5 Å². The molecule has 0 saturated carbocycles. The lowest BCUT2D eigenvalue weighted by atomic mass is 10.2. The van der Waals surface area contributed by atoms with Gasteiger partial charge in [-0.05, 0) is 12.1 Å². The van der Waals surface area contributed by atoms with Crippen LogP contribution in [0.2, 0.25) is 0 Å². The van der Waals surface area contributed by atoms with E-state index in [0.29, 0.717) is 6.07 Å². The van der Waals surface area contributed by atoms with E-state index in [0.717, 1.165) is 12.1 Å². The fraction of sp³-hybridized carbons (Fsp3) is 0.385. The van der Waals surface area contributed by atoms with Gasteiger partial charge in [-0.2, -0.15) is 0 Å². The largest absolute Gasteiger partial charge is 0.481 e. The zero-order valence-electron chi connectivity index (χ0n) is 11.3. The van der Waals surface area contributed by atoms with Crippen LogP contribution in [0.15, 0.2) is 18.2 Å². The third kappa shape index (κ3) is 6.17. The molecule has 0 fully saturated rings. The fourth-order valence-electron chi connectivity index (χ4n) is 1.45. The van der Waals surface area contributed by atoms with E-state index in [1.54, 1.807) is 0 Å². The summed E-state index contributed by atoms with van der Waals surface area (Å²) >= 11 is 0. The second-order valence-electron chi connectivity index (χ2n) is 4.12. The third-order valence-electron chi connectivity index (χ3n) is 2.52. The standard InChI is InChI=1S/C13H15F2NO5/c1-20-9(5-13(18)19)6-16-12(17)7-21-11-3-2-8(14)4-10(11)15/h2-4,9H,5-7H2,1H3,(H,16,17)(H,18,19). The highest BCUT2D eigenvalue weighted by Crippen LogP contribution is 2.17. The van der Waals surface area contributed by atoms with Crippen LogP contribution in [0, 0.1) is 11.6 Å². The van der Waals surface area contributed by atoms with Crippen LogP contribution in [-0.4, -0.2) is 43.3 Å². The van der Waals surface area contributed by atoms with Crippen LogP contribution in [0.1, 0.15) is 6.42 Å². The zero-order chi connectivity index (χ0) is 15.8. The highest BCUT2D eigenvalue weighted by molar-refractivity contribution is 5.77. The van der Waals surface area contributed by atoms with Crippen LogP contribution in [0.3, 0.4) is 0 Å². The van der Waals surface area contributed by atoms with Crippen LogP contribution < -0.4 is 10.1 Å². The van der Waals surface area contributed by atoms with Crippen LogP contribution in [0.25, 0.3) is 0 Å². The zero-order valence-corrected chi connectivity index (χ0v) is 11.3. The number of rotatable bonds is 8. The Morgan fingerprint density at radius 1 is 1.38 bits per heavy atom. The highest BCUT2D eigenvalue weighted by Gasteiger charge is 2.14. The van der Waals surface area contributed by atoms with Gasteiger partial charge in [-0.1, -0.05) is 0 Å². The molecule has 2 N–H and O–H groups in total. The summed E-state index contributed by atoms with van der Waals surface area (Å²) in [4.78, 5) is 22.0. The molecule has 0 bridgehead atoms. The van der Waals surface area contributed by atoms with Crippen molar-refractivity contribution in [3.8, 4) is 5.75 Å². The fourth-order valence-corrected chi connectivity index (χ4v) is 1.45. The maximum Gasteiger partial charge on any atom is 0.306 e. The van der Waals surface area contributed by atoms with Crippen molar-refractivity contribution in [2.45, 2.75) is 12.5 Å². The molecule has 1 aromatic carbocycles. The van der Waals surface area contributed by atoms with Gasteiger partial charge in [-0.3, -0.25) is 9.59 Å². The van der Waals surface area contributed by atoms with E-state index in [2.05, 4.69) is 5.32 Å². The van der Waals surface area contributed by atoms with Crippen LogP contribution in [0.5, 0.6) is 5.75 Å². The molecule has 0 aromatic heterocycles. The van der Waals surface area contributed by atoms with Gasteiger partial charge < -0.3 is 19.9 Å². The Kier molecular flexibility index (Phi) is 6.54. The van der Waals surface area contributed by atoms with Crippen molar-refractivity contribution in [2.24, 2.45) is 0 Å². The number of amides is 1. The SMILES string of the molecule is COC(CNC(=O)COc1ccc(F)cc1F)CC(=O)O. The molecule has 1 atom stereocenters. The van der Waals surface area contributed by atoms with E-state index in [4.69, 9.17) is 14.6 Å². The summed E-state index contributed by atoms with van der Waals surface area (Å²) in [7, 11) is 1.32. The Balaban J connectivity index is 2.38. The topological polar surface area (TPSA) is 84.9 Å². The van der Waals surface area contributed by atoms with Crippen molar-refractivity contribution in [1.29, 1.82) is 0 Å². The van der Waals surface area contributed by atoms with Crippen molar-refractivity contribution < 1.29 is 33.0 Å². The lowest BCUT2D eigenvalue weighted by Gasteiger charge is -2.14. The van der Waals surface area contributed by atoms with Crippen molar-refractivity contribution in [3.05, 3.63) is 29.8 Å². The molecule has 0 spiro atoms. The van der Waals surface area contributed by atoms with Crippen LogP contribution in [0.4, 0.5) is 8.78 Å². The van der Waals surface area contributed by atoms with Gasteiger partial charge in [0, 0.05) is 19.7 Å². The Morgan fingerprint density at radius 2 is 2.10 bits per heavy atom. The minimum atomic E-state index is -1.05. The minimum absolute atomic E-state index is 0.0170. The predicted octanol–water partition coefficient (Wildman–Crippen LogP) is 0.949. The summed E-state index contributed by atoms with van der Waals surface area (Å²) in [5, 5.41) is 11.0. The van der Waals surface area contributed by atoms with Crippen molar-refractivity contribution in [2.75, 3.05) is 20.3 Å². The number of hydrogen-bond donors (Lipinski definition) is 2. The van der Waals surface area contributed by atoms with Gasteiger partial charge in [0.1, 0.15) is 5.82 Å². The number of carbonyl (C=O) groups excluding carboxylic acids is 1. The number of carbonyl (C=O) groups is 2. The molecule has 1 unspecified atom stereocenters. The number of methoxy groups -OCH3 is 1. The molecule has 0 saturated heterocycles. The van der Waals surface area contributed by atoms with E-state index in [9.17, 15) is 18.4 Å². The Labute approximate surface area is 119 Å².